The summed E-state index contributed by atoms with van der Waals surface area (Å²) in [6.07, 6.45) is 3.78. The van der Waals surface area contributed by atoms with Gasteiger partial charge in [0, 0.05) is 5.92 Å². The lowest BCUT2D eigenvalue weighted by molar-refractivity contribution is 0.582. The summed E-state index contributed by atoms with van der Waals surface area (Å²) in [5.74, 6) is 1.70. The minimum atomic E-state index is 0.811. The second-order valence-corrected chi connectivity index (χ2v) is 3.71. The number of fused-ring (bicyclic) bond motifs is 1. The van der Waals surface area contributed by atoms with Crippen molar-refractivity contribution >= 4 is 0 Å². The van der Waals surface area contributed by atoms with Crippen molar-refractivity contribution in [1.82, 2.24) is 0 Å². The maximum absolute atomic E-state index is 2.41. The molecule has 10 heavy (non-hydrogen) atoms. The van der Waals surface area contributed by atoms with Crippen molar-refractivity contribution in [1.29, 1.82) is 0 Å². The molecule has 2 aliphatic rings. The molecule has 0 radical (unpaired) electrons. The molecule has 0 spiro atoms. The summed E-state index contributed by atoms with van der Waals surface area (Å²) in [5, 5.41) is 0. The van der Waals surface area contributed by atoms with Gasteiger partial charge in [-0.25, -0.2) is 0 Å². The minimum absolute atomic E-state index is 0.811. The molecule has 0 saturated heterocycles. The Kier molecular flexibility index (Phi) is 1.08. The lowest BCUT2D eigenvalue weighted by atomic mass is 9.92. The monoisotopic (exact) mass is 134 g/mol. The minimum Gasteiger partial charge on any atom is -0.0784 e. The van der Waals surface area contributed by atoms with Crippen LogP contribution in [0.1, 0.15) is 27.2 Å². The number of rotatable bonds is 0. The van der Waals surface area contributed by atoms with Gasteiger partial charge in [-0.3, -0.25) is 0 Å². The Labute approximate surface area is 62.6 Å². The molecule has 0 amide bonds. The molecule has 0 saturated carbocycles. The summed E-state index contributed by atoms with van der Waals surface area (Å²) in [5.41, 5.74) is 4.86. The molecule has 2 atom stereocenters. The van der Waals surface area contributed by atoms with Gasteiger partial charge in [0.2, 0.25) is 0 Å². The first-order valence-corrected chi connectivity index (χ1v) is 4.09. The Hall–Kier alpha value is -0.520. The van der Waals surface area contributed by atoms with E-state index in [2.05, 4.69) is 26.8 Å². The molecular weight excluding hydrogens is 120 g/mol. The Morgan fingerprint density at radius 3 is 2.70 bits per heavy atom. The lowest BCUT2D eigenvalue weighted by Crippen LogP contribution is -2.00. The summed E-state index contributed by atoms with van der Waals surface area (Å²) in [7, 11) is 0. The number of hydrogen-bond acceptors (Lipinski definition) is 0. The second-order valence-electron chi connectivity index (χ2n) is 3.71. The van der Waals surface area contributed by atoms with E-state index in [1.807, 2.05) is 0 Å². The Morgan fingerprint density at radius 2 is 2.10 bits per heavy atom. The van der Waals surface area contributed by atoms with Crippen molar-refractivity contribution in [2.45, 2.75) is 27.2 Å². The van der Waals surface area contributed by atoms with Gasteiger partial charge in [-0.05, 0) is 31.8 Å². The molecule has 0 aliphatic heterocycles. The van der Waals surface area contributed by atoms with Crippen LogP contribution >= 0.6 is 0 Å². The largest absolute Gasteiger partial charge is 0.0784 e. The molecule has 2 aliphatic carbocycles. The van der Waals surface area contributed by atoms with Crippen LogP contribution in [0.25, 0.3) is 0 Å². The van der Waals surface area contributed by atoms with Gasteiger partial charge in [-0.1, -0.05) is 24.1 Å². The summed E-state index contributed by atoms with van der Waals surface area (Å²) < 4.78 is 0. The van der Waals surface area contributed by atoms with E-state index in [0.717, 1.165) is 11.8 Å². The average molecular weight is 134 g/mol. The zero-order valence-corrected chi connectivity index (χ0v) is 6.94. The molecule has 0 fully saturated rings. The van der Waals surface area contributed by atoms with Crippen molar-refractivity contribution in [3.63, 3.8) is 0 Å². The molecule has 0 bridgehead atoms. The second kappa shape index (κ2) is 1.75. The van der Waals surface area contributed by atoms with Crippen molar-refractivity contribution in [2.75, 3.05) is 0 Å². The molecule has 0 nitrogen and oxygen atoms in total. The Balaban J connectivity index is 2.28. The van der Waals surface area contributed by atoms with E-state index in [0.29, 0.717) is 0 Å². The topological polar surface area (TPSA) is 0 Å². The van der Waals surface area contributed by atoms with Gasteiger partial charge in [0.1, 0.15) is 0 Å². The van der Waals surface area contributed by atoms with Gasteiger partial charge in [0.05, 0.1) is 0 Å². The van der Waals surface area contributed by atoms with Gasteiger partial charge in [-0.15, -0.1) is 0 Å². The molecule has 0 N–H and O–H groups in total. The highest BCUT2D eigenvalue weighted by Crippen LogP contribution is 2.50. The van der Waals surface area contributed by atoms with Crippen molar-refractivity contribution < 1.29 is 0 Å². The van der Waals surface area contributed by atoms with Crippen LogP contribution in [0.15, 0.2) is 22.8 Å². The first-order chi connectivity index (χ1) is 4.70. The van der Waals surface area contributed by atoms with Gasteiger partial charge in [0.25, 0.3) is 0 Å². The molecule has 0 heterocycles. The van der Waals surface area contributed by atoms with E-state index in [9.17, 15) is 0 Å². The third-order valence-corrected chi connectivity index (χ3v) is 2.78. The van der Waals surface area contributed by atoms with E-state index in [4.69, 9.17) is 0 Å². The van der Waals surface area contributed by atoms with Crippen molar-refractivity contribution in [3.05, 3.63) is 22.8 Å². The smallest absolute Gasteiger partial charge is 0.00592 e. The van der Waals surface area contributed by atoms with Crippen LogP contribution in [0.3, 0.4) is 0 Å². The highest BCUT2D eigenvalue weighted by molar-refractivity contribution is 5.54. The van der Waals surface area contributed by atoms with E-state index >= 15 is 0 Å². The Bertz CT molecular complexity index is 230. The Morgan fingerprint density at radius 1 is 1.40 bits per heavy atom. The normalized spacial score (nSPS) is 37.3. The lowest BCUT2D eigenvalue weighted by Gasteiger charge is -2.13. The fourth-order valence-corrected chi connectivity index (χ4v) is 2.23. The van der Waals surface area contributed by atoms with Crippen LogP contribution in [-0.4, -0.2) is 0 Å². The van der Waals surface area contributed by atoms with Crippen LogP contribution in [-0.2, 0) is 0 Å². The maximum Gasteiger partial charge on any atom is 0.00592 e. The molecule has 2 rings (SSSR count). The number of hydrogen-bond donors (Lipinski definition) is 0. The van der Waals surface area contributed by atoms with Crippen LogP contribution in [0.4, 0.5) is 0 Å². The third-order valence-electron chi connectivity index (χ3n) is 2.78. The summed E-state index contributed by atoms with van der Waals surface area (Å²) >= 11 is 0. The van der Waals surface area contributed by atoms with Gasteiger partial charge < -0.3 is 0 Å². The predicted molar refractivity (Wildman–Crippen MR) is 43.7 cm³/mol. The van der Waals surface area contributed by atoms with Crippen LogP contribution in [0.2, 0.25) is 0 Å². The third kappa shape index (κ3) is 0.681. The highest BCUT2D eigenvalue weighted by Gasteiger charge is 2.36. The van der Waals surface area contributed by atoms with E-state index in [-0.39, 0.29) is 0 Å². The molecular formula is C10H14. The van der Waals surface area contributed by atoms with Crippen molar-refractivity contribution in [2.24, 2.45) is 11.8 Å². The summed E-state index contributed by atoms with van der Waals surface area (Å²) in [6, 6.07) is 0. The van der Waals surface area contributed by atoms with Crippen LogP contribution in [0, 0.1) is 11.8 Å². The predicted octanol–water partition coefficient (Wildman–Crippen LogP) is 2.92. The van der Waals surface area contributed by atoms with Crippen molar-refractivity contribution in [3.8, 4) is 0 Å². The standard InChI is InChI=1S/C10H14/c1-6-4-7(2)10-8(3)9(10)5-6/h4,6,9H,5H2,1-3H3/t6?,9-/m0/s1. The summed E-state index contributed by atoms with van der Waals surface area (Å²) in [6.45, 7) is 6.83. The van der Waals surface area contributed by atoms with Gasteiger partial charge in [-0.2, -0.15) is 0 Å². The van der Waals surface area contributed by atoms with Crippen LogP contribution < -0.4 is 0 Å². The fourth-order valence-electron chi connectivity index (χ4n) is 2.23. The molecule has 0 aromatic rings. The average Bonchev–Trinajstić information content (AvgIpc) is 2.42. The van der Waals surface area contributed by atoms with Crippen LogP contribution in [0.5, 0.6) is 0 Å². The molecule has 54 valence electrons. The maximum atomic E-state index is 2.41. The fraction of sp³-hybridized carbons (Fsp3) is 0.600. The number of allylic oxidation sites excluding steroid dienone is 4. The van der Waals surface area contributed by atoms with E-state index in [1.54, 1.807) is 16.7 Å². The summed E-state index contributed by atoms with van der Waals surface area (Å²) in [4.78, 5) is 0. The zero-order valence-electron chi connectivity index (χ0n) is 6.94. The van der Waals surface area contributed by atoms with Gasteiger partial charge in [0.15, 0.2) is 0 Å². The molecule has 0 aromatic carbocycles. The van der Waals surface area contributed by atoms with Gasteiger partial charge >= 0.3 is 0 Å². The van der Waals surface area contributed by atoms with E-state index < -0.39 is 0 Å². The first kappa shape index (κ1) is 6.21. The zero-order chi connectivity index (χ0) is 7.30. The first-order valence-electron chi connectivity index (χ1n) is 4.09. The molecule has 0 heteroatoms. The SMILES string of the molecule is CC1=CC(C)C[C@H]2C(C)=C12. The molecule has 1 unspecified atom stereocenters. The highest BCUT2D eigenvalue weighted by atomic mass is 14.4. The quantitative estimate of drug-likeness (QED) is 0.478. The molecule has 0 aromatic heterocycles. The van der Waals surface area contributed by atoms with E-state index in [1.165, 1.54) is 6.42 Å².